The molecule has 0 atom stereocenters. The normalized spacial score (nSPS) is 11.5. The molecule has 4 nitrogen and oxygen atoms in total. The quantitative estimate of drug-likeness (QED) is 0.440. The Morgan fingerprint density at radius 2 is 1.83 bits per heavy atom. The van der Waals surface area contributed by atoms with Crippen LogP contribution in [0.2, 0.25) is 0 Å². The Morgan fingerprint density at radius 1 is 1.67 bits per heavy atom. The second kappa shape index (κ2) is 2.02. The van der Waals surface area contributed by atoms with Gasteiger partial charge < -0.3 is 0 Å². The molecule has 0 saturated heterocycles. The third kappa shape index (κ3) is 4.56. The Hall–Kier alpha value is 0.558. The van der Waals surface area contributed by atoms with Crippen molar-refractivity contribution in [1.82, 2.24) is 0 Å². The minimum atomic E-state index is -4.16. The van der Waals surface area contributed by atoms with E-state index in [0.717, 1.165) is 20.2 Å². The number of hydrogen-bond acceptors (Lipinski definition) is 3. The van der Waals surface area contributed by atoms with Gasteiger partial charge in [0.25, 0.3) is 0 Å². The van der Waals surface area contributed by atoms with Gasteiger partial charge in [0.2, 0.25) is 0 Å². The van der Waals surface area contributed by atoms with Crippen molar-refractivity contribution in [2.24, 2.45) is 0 Å². The predicted molar refractivity (Wildman–Crippen MR) is 12.6 cm³/mol. The molecule has 1 N–H and O–H groups in total. The zero-order chi connectivity index (χ0) is 5.21. The molecule has 0 heterocycles. The van der Waals surface area contributed by atoms with E-state index in [9.17, 15) is 8.42 Å². The van der Waals surface area contributed by atoms with Crippen LogP contribution in [0, 0.1) is 0 Å². The van der Waals surface area contributed by atoms with E-state index in [-0.39, 0.29) is 0 Å². The van der Waals surface area contributed by atoms with Gasteiger partial charge in [-0.25, -0.2) is 0 Å². The molecule has 0 unspecified atom stereocenters. The fourth-order valence-electron chi connectivity index (χ4n) is 0. The first-order valence-electron chi connectivity index (χ1n) is 0.849. The molecule has 0 aromatic rings. The van der Waals surface area contributed by atoms with Crippen molar-refractivity contribution in [3.63, 3.8) is 0 Å². The summed E-state index contributed by atoms with van der Waals surface area (Å²) in [5, 5.41) is 0. The van der Waals surface area contributed by atoms with Crippen LogP contribution in [0.1, 0.15) is 0 Å². The van der Waals surface area contributed by atoms with Gasteiger partial charge in [0.15, 0.2) is 0 Å². The molecule has 0 aromatic heterocycles. The summed E-state index contributed by atoms with van der Waals surface area (Å²) < 4.78 is 29.7. The first kappa shape index (κ1) is 6.56. The molecule has 0 saturated carbocycles. The summed E-state index contributed by atoms with van der Waals surface area (Å²) in [4.78, 5) is 0. The van der Waals surface area contributed by atoms with E-state index in [1.165, 1.54) is 0 Å². The summed E-state index contributed by atoms with van der Waals surface area (Å²) >= 11 is 0.808. The van der Waals surface area contributed by atoms with Crippen molar-refractivity contribution in [2.45, 2.75) is 0 Å². The second-order valence-electron chi connectivity index (χ2n) is 0.496. The summed E-state index contributed by atoms with van der Waals surface area (Å²) in [6.07, 6.45) is 0. The van der Waals surface area contributed by atoms with Crippen LogP contribution >= 0.6 is 0 Å². The molecule has 0 spiro atoms. The standard InChI is InChI=1S/Mo.H2O4S/c;1-5(2,3)4/h;(H2,1,2,3,4)/q+1;/p-1. The first-order chi connectivity index (χ1) is 2.56. The summed E-state index contributed by atoms with van der Waals surface area (Å²) in [7, 11) is -4.16. The molecule has 0 rings (SSSR count). The Balaban J connectivity index is 3.85. The zero-order valence-electron chi connectivity index (χ0n) is 2.49. The van der Waals surface area contributed by atoms with Gasteiger partial charge in [-0.2, -0.15) is 0 Å². The molecule has 0 aliphatic carbocycles. The van der Waals surface area contributed by atoms with E-state index in [0.29, 0.717) is 0 Å². The van der Waals surface area contributed by atoms with Gasteiger partial charge in [-0.15, -0.1) is 0 Å². The molecule has 0 radical (unpaired) electrons. The van der Waals surface area contributed by atoms with Crippen LogP contribution in [-0.2, 0) is 33.4 Å². The molecule has 0 amide bonds. The van der Waals surface area contributed by atoms with Crippen LogP contribution in [0.15, 0.2) is 0 Å². The van der Waals surface area contributed by atoms with Crippen molar-refractivity contribution >= 4 is 10.4 Å². The maximum atomic E-state index is 9.34. The summed E-state index contributed by atoms with van der Waals surface area (Å²) in [6.45, 7) is 0. The molecule has 6 heteroatoms. The first-order valence-corrected chi connectivity index (χ1v) is 3.03. The topological polar surface area (TPSA) is 63.6 Å². The second-order valence-corrected chi connectivity index (χ2v) is 2.49. The number of rotatable bonds is 1. The molecule has 0 fully saturated rings. The molecular weight excluding hydrogens is 192 g/mol. The van der Waals surface area contributed by atoms with Crippen molar-refractivity contribution in [3.8, 4) is 0 Å². The molecule has 0 aliphatic rings. The van der Waals surface area contributed by atoms with Gasteiger partial charge in [0, 0.05) is 0 Å². The average molecular weight is 193 g/mol. The minimum absolute atomic E-state index is 0.808. The molecule has 0 aromatic carbocycles. The van der Waals surface area contributed by atoms with Crippen LogP contribution in [0.5, 0.6) is 0 Å². The maximum absolute atomic E-state index is 9.34. The Bertz CT molecular complexity index is 110. The Kier molecular flexibility index (Phi) is 2.21. The molecule has 0 aliphatic heterocycles. The average Bonchev–Trinajstić information content (AvgIpc) is 1.35. The van der Waals surface area contributed by atoms with Crippen molar-refractivity contribution in [1.29, 1.82) is 0 Å². The van der Waals surface area contributed by atoms with Crippen LogP contribution in [0.3, 0.4) is 0 Å². The monoisotopic (exact) mass is 195 g/mol. The predicted octanol–water partition coefficient (Wildman–Crippen LogP) is -0.732. The molecule has 37 valence electrons. The van der Waals surface area contributed by atoms with E-state index < -0.39 is 10.4 Å². The van der Waals surface area contributed by atoms with E-state index in [4.69, 9.17) is 4.55 Å². The van der Waals surface area contributed by atoms with Gasteiger partial charge in [0.05, 0.1) is 0 Å². The van der Waals surface area contributed by atoms with Crippen LogP contribution in [-0.4, -0.2) is 13.0 Å². The third-order valence-electron chi connectivity index (χ3n) is 0.0860. The van der Waals surface area contributed by atoms with Gasteiger partial charge in [-0.3, -0.25) is 0 Å². The van der Waals surface area contributed by atoms with E-state index >= 15 is 0 Å². The van der Waals surface area contributed by atoms with Crippen molar-refractivity contribution in [3.05, 3.63) is 0 Å². The van der Waals surface area contributed by atoms with Gasteiger partial charge in [-0.05, 0) is 0 Å². The molecule has 0 bridgehead atoms. The van der Waals surface area contributed by atoms with Gasteiger partial charge >= 0.3 is 46.4 Å². The van der Waals surface area contributed by atoms with E-state index in [2.05, 4.69) is 2.84 Å². The molecule has 6 heavy (non-hydrogen) atoms. The summed E-state index contributed by atoms with van der Waals surface area (Å²) in [5.41, 5.74) is 0. The van der Waals surface area contributed by atoms with Gasteiger partial charge in [-0.1, -0.05) is 0 Å². The SMILES string of the molecule is O=S(=O)(O)[O][Mo]. The molecular formula is HMoO4S. The fourth-order valence-corrected chi connectivity index (χ4v) is 0. The fraction of sp³-hybridized carbons (Fsp3) is 0. The van der Waals surface area contributed by atoms with Crippen LogP contribution in [0.4, 0.5) is 0 Å². The number of hydrogen-bond donors (Lipinski definition) is 1. The van der Waals surface area contributed by atoms with Crippen LogP contribution < -0.4 is 0 Å². The van der Waals surface area contributed by atoms with Crippen molar-refractivity contribution < 1.29 is 36.0 Å². The third-order valence-corrected chi connectivity index (χ3v) is 1.53. The van der Waals surface area contributed by atoms with Crippen molar-refractivity contribution in [2.75, 3.05) is 0 Å². The Labute approximate surface area is 46.8 Å². The van der Waals surface area contributed by atoms with Crippen LogP contribution in [0.25, 0.3) is 0 Å². The zero-order valence-corrected chi connectivity index (χ0v) is 5.31. The van der Waals surface area contributed by atoms with Gasteiger partial charge in [0.1, 0.15) is 0 Å². The van der Waals surface area contributed by atoms with E-state index in [1.807, 2.05) is 0 Å². The Morgan fingerprint density at radius 3 is 1.83 bits per heavy atom. The summed E-state index contributed by atoms with van der Waals surface area (Å²) in [6, 6.07) is 0. The van der Waals surface area contributed by atoms with E-state index in [1.54, 1.807) is 0 Å². The summed E-state index contributed by atoms with van der Waals surface area (Å²) in [5.74, 6) is 0.